The van der Waals surface area contributed by atoms with Gasteiger partial charge in [-0.3, -0.25) is 9.69 Å². The van der Waals surface area contributed by atoms with Gasteiger partial charge in [-0.15, -0.1) is 0 Å². The number of carbonyl (C=O) groups excluding carboxylic acids is 1. The van der Waals surface area contributed by atoms with Crippen LogP contribution in [-0.4, -0.2) is 64.7 Å². The average Bonchev–Trinajstić information content (AvgIpc) is 3.34. The minimum Gasteiger partial charge on any atom is -0.368 e. The van der Waals surface area contributed by atoms with Crippen molar-refractivity contribution in [3.8, 4) is 11.4 Å². The molecule has 2 aliphatic heterocycles. The van der Waals surface area contributed by atoms with Crippen molar-refractivity contribution < 1.29 is 14.1 Å². The Kier molecular flexibility index (Phi) is 4.99. The quantitative estimate of drug-likeness (QED) is 0.833. The van der Waals surface area contributed by atoms with E-state index in [4.69, 9.17) is 9.26 Å². The van der Waals surface area contributed by atoms with Crippen LogP contribution in [0.3, 0.4) is 0 Å². The van der Waals surface area contributed by atoms with Gasteiger partial charge in [0.05, 0.1) is 6.54 Å². The maximum absolute atomic E-state index is 12.4. The fraction of sp³-hybridized carbons (Fsp3) is 0.526. The first-order chi connectivity index (χ1) is 12.7. The van der Waals surface area contributed by atoms with Crippen molar-refractivity contribution >= 4 is 5.91 Å². The number of hydrogen-bond acceptors (Lipinski definition) is 6. The van der Waals surface area contributed by atoms with Crippen LogP contribution in [0, 0.1) is 6.92 Å². The van der Waals surface area contributed by atoms with Gasteiger partial charge in [-0.2, -0.15) is 4.98 Å². The molecule has 1 aromatic heterocycles. The SMILES string of the molecule is Cc1cccc(-c2noc(CN3CCN(C(=O)[C@H]4CCCO4)CC3)n2)c1. The van der Waals surface area contributed by atoms with Crippen LogP contribution in [0.4, 0.5) is 0 Å². The summed E-state index contributed by atoms with van der Waals surface area (Å²) >= 11 is 0. The zero-order valence-electron chi connectivity index (χ0n) is 15.1. The summed E-state index contributed by atoms with van der Waals surface area (Å²) in [4.78, 5) is 21.1. The van der Waals surface area contributed by atoms with Crippen LogP contribution in [0.25, 0.3) is 11.4 Å². The van der Waals surface area contributed by atoms with Crippen LogP contribution in [0.15, 0.2) is 28.8 Å². The zero-order valence-corrected chi connectivity index (χ0v) is 15.1. The molecule has 138 valence electrons. The third-order valence-corrected chi connectivity index (χ3v) is 4.99. The molecule has 7 heteroatoms. The number of nitrogens with zero attached hydrogens (tertiary/aromatic N) is 4. The predicted molar refractivity (Wildman–Crippen MR) is 95.3 cm³/mol. The van der Waals surface area contributed by atoms with Gasteiger partial charge >= 0.3 is 0 Å². The molecule has 1 aromatic carbocycles. The molecule has 1 atom stereocenters. The molecule has 2 fully saturated rings. The van der Waals surface area contributed by atoms with Crippen LogP contribution in [0.5, 0.6) is 0 Å². The van der Waals surface area contributed by atoms with E-state index in [1.54, 1.807) is 0 Å². The molecule has 0 N–H and O–H groups in total. The number of aryl methyl sites for hydroxylation is 1. The largest absolute Gasteiger partial charge is 0.368 e. The second kappa shape index (κ2) is 7.55. The summed E-state index contributed by atoms with van der Waals surface area (Å²) in [6, 6.07) is 8.06. The summed E-state index contributed by atoms with van der Waals surface area (Å²) in [5.74, 6) is 1.37. The zero-order chi connectivity index (χ0) is 17.9. The van der Waals surface area contributed by atoms with E-state index in [2.05, 4.69) is 15.0 Å². The molecular weight excluding hydrogens is 332 g/mol. The fourth-order valence-electron chi connectivity index (χ4n) is 3.51. The summed E-state index contributed by atoms with van der Waals surface area (Å²) < 4.78 is 10.9. The molecule has 2 aromatic rings. The summed E-state index contributed by atoms with van der Waals surface area (Å²) in [5, 5.41) is 4.09. The van der Waals surface area contributed by atoms with Crippen molar-refractivity contribution in [1.82, 2.24) is 19.9 Å². The van der Waals surface area contributed by atoms with E-state index in [-0.39, 0.29) is 12.0 Å². The van der Waals surface area contributed by atoms with Gasteiger partial charge < -0.3 is 14.2 Å². The highest BCUT2D eigenvalue weighted by Crippen LogP contribution is 2.19. The van der Waals surface area contributed by atoms with E-state index in [0.29, 0.717) is 24.9 Å². The topological polar surface area (TPSA) is 71.7 Å². The molecule has 0 aliphatic carbocycles. The molecule has 0 spiro atoms. The van der Waals surface area contributed by atoms with E-state index in [9.17, 15) is 4.79 Å². The van der Waals surface area contributed by atoms with Crippen molar-refractivity contribution in [1.29, 1.82) is 0 Å². The van der Waals surface area contributed by atoms with Gasteiger partial charge in [0.1, 0.15) is 6.10 Å². The summed E-state index contributed by atoms with van der Waals surface area (Å²) in [5.41, 5.74) is 2.13. The molecule has 3 heterocycles. The van der Waals surface area contributed by atoms with Gasteiger partial charge in [0.15, 0.2) is 0 Å². The van der Waals surface area contributed by atoms with E-state index in [0.717, 1.165) is 44.6 Å². The average molecular weight is 356 g/mol. The first-order valence-electron chi connectivity index (χ1n) is 9.21. The Morgan fingerprint density at radius 1 is 1.27 bits per heavy atom. The Bertz CT molecular complexity index is 762. The first-order valence-corrected chi connectivity index (χ1v) is 9.21. The Balaban J connectivity index is 1.31. The predicted octanol–water partition coefficient (Wildman–Crippen LogP) is 1.87. The van der Waals surface area contributed by atoms with E-state index in [1.165, 1.54) is 5.56 Å². The number of hydrogen-bond donors (Lipinski definition) is 0. The maximum atomic E-state index is 12.4. The second-order valence-electron chi connectivity index (χ2n) is 6.98. The molecule has 2 aliphatic rings. The Morgan fingerprint density at radius 2 is 2.12 bits per heavy atom. The van der Waals surface area contributed by atoms with Crippen LogP contribution in [-0.2, 0) is 16.1 Å². The molecule has 4 rings (SSSR count). The Labute approximate surface area is 152 Å². The lowest BCUT2D eigenvalue weighted by Gasteiger charge is -2.35. The summed E-state index contributed by atoms with van der Waals surface area (Å²) in [6.07, 6.45) is 1.61. The second-order valence-corrected chi connectivity index (χ2v) is 6.98. The minimum absolute atomic E-state index is 0.140. The van der Waals surface area contributed by atoms with E-state index in [1.807, 2.05) is 36.1 Å². The normalized spacial score (nSPS) is 21.3. The molecular formula is C19H24N4O3. The van der Waals surface area contributed by atoms with Crippen LogP contribution in [0.2, 0.25) is 0 Å². The van der Waals surface area contributed by atoms with Gasteiger partial charge in [0, 0.05) is 38.3 Å². The van der Waals surface area contributed by atoms with Crippen molar-refractivity contribution in [3.63, 3.8) is 0 Å². The molecule has 2 saturated heterocycles. The highest BCUT2D eigenvalue weighted by Gasteiger charge is 2.30. The van der Waals surface area contributed by atoms with Gasteiger partial charge in [0.25, 0.3) is 5.91 Å². The molecule has 0 radical (unpaired) electrons. The lowest BCUT2D eigenvalue weighted by molar-refractivity contribution is -0.142. The Hall–Kier alpha value is -2.25. The number of piperazine rings is 1. The number of carbonyl (C=O) groups is 1. The maximum Gasteiger partial charge on any atom is 0.251 e. The van der Waals surface area contributed by atoms with Crippen molar-refractivity contribution in [2.75, 3.05) is 32.8 Å². The van der Waals surface area contributed by atoms with Gasteiger partial charge in [0.2, 0.25) is 11.7 Å². The highest BCUT2D eigenvalue weighted by molar-refractivity contribution is 5.81. The monoisotopic (exact) mass is 356 g/mol. The smallest absolute Gasteiger partial charge is 0.251 e. The Morgan fingerprint density at radius 3 is 2.85 bits per heavy atom. The van der Waals surface area contributed by atoms with Gasteiger partial charge in [-0.1, -0.05) is 28.9 Å². The molecule has 0 bridgehead atoms. The van der Waals surface area contributed by atoms with Crippen LogP contribution in [0.1, 0.15) is 24.3 Å². The van der Waals surface area contributed by atoms with Crippen molar-refractivity contribution in [2.45, 2.75) is 32.4 Å². The fourth-order valence-corrected chi connectivity index (χ4v) is 3.51. The first kappa shape index (κ1) is 17.2. The summed E-state index contributed by atoms with van der Waals surface area (Å²) in [7, 11) is 0. The van der Waals surface area contributed by atoms with Crippen LogP contribution < -0.4 is 0 Å². The third-order valence-electron chi connectivity index (χ3n) is 4.99. The minimum atomic E-state index is -0.227. The van der Waals surface area contributed by atoms with Gasteiger partial charge in [-0.25, -0.2) is 0 Å². The van der Waals surface area contributed by atoms with Crippen LogP contribution >= 0.6 is 0 Å². The molecule has 0 saturated carbocycles. The van der Waals surface area contributed by atoms with E-state index >= 15 is 0 Å². The molecule has 1 amide bonds. The number of benzene rings is 1. The third kappa shape index (κ3) is 3.78. The standard InChI is InChI=1S/C19H24N4O3/c1-14-4-2-5-15(12-14)18-20-17(26-21-18)13-22-7-9-23(10-8-22)19(24)16-6-3-11-25-16/h2,4-5,12,16H,3,6-11,13H2,1H3/t16-/m1/s1. The number of ether oxygens (including phenoxy) is 1. The van der Waals surface area contributed by atoms with Crippen molar-refractivity contribution in [2.24, 2.45) is 0 Å². The highest BCUT2D eigenvalue weighted by atomic mass is 16.5. The molecule has 0 unspecified atom stereocenters. The number of amides is 1. The lowest BCUT2D eigenvalue weighted by Crippen LogP contribution is -2.51. The van der Waals surface area contributed by atoms with Crippen molar-refractivity contribution in [3.05, 3.63) is 35.7 Å². The summed E-state index contributed by atoms with van der Waals surface area (Å²) in [6.45, 7) is 6.41. The lowest BCUT2D eigenvalue weighted by atomic mass is 10.1. The van der Waals surface area contributed by atoms with E-state index < -0.39 is 0 Å². The van der Waals surface area contributed by atoms with Gasteiger partial charge in [-0.05, 0) is 25.8 Å². The molecule has 7 nitrogen and oxygen atoms in total. The number of rotatable bonds is 4. The number of aromatic nitrogens is 2. The molecule has 26 heavy (non-hydrogen) atoms.